The molecule has 1 heterocycles. The molecule has 0 spiro atoms. The number of nitrogens with zero attached hydrogens (tertiary/aromatic N) is 1. The molecule has 0 aromatic carbocycles. The third-order valence-corrected chi connectivity index (χ3v) is 3.88. The van der Waals surface area contributed by atoms with E-state index < -0.39 is 5.54 Å². The molecule has 0 radical (unpaired) electrons. The van der Waals surface area contributed by atoms with E-state index >= 15 is 0 Å². The zero-order chi connectivity index (χ0) is 15.0. The van der Waals surface area contributed by atoms with Gasteiger partial charge in [-0.1, -0.05) is 6.92 Å². The minimum Gasteiger partial charge on any atom is -0.468 e. The quantitative estimate of drug-likeness (QED) is 0.684. The SMILES string of the molecule is CCCNC(C)(CN1CCC(OCC)CC1)C(=O)OC. The Bertz CT molecular complexity index is 291. The van der Waals surface area contributed by atoms with E-state index in [2.05, 4.69) is 17.1 Å². The lowest BCUT2D eigenvalue weighted by Crippen LogP contribution is -2.58. The molecule has 0 aromatic rings. The minimum absolute atomic E-state index is 0.183. The Morgan fingerprint density at radius 3 is 2.50 bits per heavy atom. The highest BCUT2D eigenvalue weighted by molar-refractivity contribution is 5.80. The first-order valence-electron chi connectivity index (χ1n) is 7.73. The van der Waals surface area contributed by atoms with E-state index in [4.69, 9.17) is 9.47 Å². The summed E-state index contributed by atoms with van der Waals surface area (Å²) in [4.78, 5) is 14.4. The lowest BCUT2D eigenvalue weighted by molar-refractivity contribution is -0.149. The van der Waals surface area contributed by atoms with E-state index in [1.807, 2.05) is 13.8 Å². The van der Waals surface area contributed by atoms with Crippen LogP contribution in [0.15, 0.2) is 0 Å². The molecule has 1 atom stereocenters. The maximum absolute atomic E-state index is 12.0. The van der Waals surface area contributed by atoms with Gasteiger partial charge in [-0.15, -0.1) is 0 Å². The smallest absolute Gasteiger partial charge is 0.327 e. The molecule has 0 aliphatic carbocycles. The molecule has 20 heavy (non-hydrogen) atoms. The lowest BCUT2D eigenvalue weighted by atomic mass is 9.99. The minimum atomic E-state index is -0.622. The number of nitrogens with one attached hydrogen (secondary N) is 1. The van der Waals surface area contributed by atoms with E-state index in [9.17, 15) is 4.79 Å². The Kier molecular flexibility index (Phi) is 7.48. The van der Waals surface area contributed by atoms with Gasteiger partial charge in [0.1, 0.15) is 5.54 Å². The van der Waals surface area contributed by atoms with E-state index in [0.29, 0.717) is 12.6 Å². The van der Waals surface area contributed by atoms with Crippen molar-refractivity contribution in [3.05, 3.63) is 0 Å². The van der Waals surface area contributed by atoms with Crippen molar-refractivity contribution in [1.82, 2.24) is 10.2 Å². The average molecular weight is 286 g/mol. The van der Waals surface area contributed by atoms with Crippen molar-refractivity contribution in [2.24, 2.45) is 0 Å². The second-order valence-electron chi connectivity index (χ2n) is 5.68. The number of hydrogen-bond donors (Lipinski definition) is 1. The van der Waals surface area contributed by atoms with Crippen LogP contribution in [-0.2, 0) is 14.3 Å². The van der Waals surface area contributed by atoms with Crippen molar-refractivity contribution in [2.45, 2.75) is 51.7 Å². The molecule has 1 aliphatic heterocycles. The molecule has 0 bridgehead atoms. The summed E-state index contributed by atoms with van der Waals surface area (Å²) in [6, 6.07) is 0. The van der Waals surface area contributed by atoms with Gasteiger partial charge in [0.05, 0.1) is 13.2 Å². The first-order valence-corrected chi connectivity index (χ1v) is 7.73. The van der Waals surface area contributed by atoms with Crippen LogP contribution in [0.5, 0.6) is 0 Å². The van der Waals surface area contributed by atoms with Gasteiger partial charge in [-0.3, -0.25) is 4.79 Å². The predicted octanol–water partition coefficient (Wildman–Crippen LogP) is 1.42. The molecular formula is C15H30N2O3. The zero-order valence-corrected chi connectivity index (χ0v) is 13.4. The highest BCUT2D eigenvalue weighted by Crippen LogP contribution is 2.17. The topological polar surface area (TPSA) is 50.8 Å². The first-order chi connectivity index (χ1) is 9.55. The van der Waals surface area contributed by atoms with Crippen LogP contribution in [0.25, 0.3) is 0 Å². The monoisotopic (exact) mass is 286 g/mol. The Labute approximate surface area is 123 Å². The van der Waals surface area contributed by atoms with Crippen molar-refractivity contribution in [3.8, 4) is 0 Å². The standard InChI is InChI=1S/C15H30N2O3/c1-5-9-16-15(3,14(18)19-4)12-17-10-7-13(8-11-17)20-6-2/h13,16H,5-12H2,1-4H3. The molecule has 0 amide bonds. The summed E-state index contributed by atoms with van der Waals surface area (Å²) in [5.74, 6) is -0.183. The third kappa shape index (κ3) is 5.04. The Balaban J connectivity index is 2.51. The molecule has 118 valence electrons. The fourth-order valence-corrected chi connectivity index (χ4v) is 2.74. The maximum atomic E-state index is 12.0. The van der Waals surface area contributed by atoms with Crippen molar-refractivity contribution in [2.75, 3.05) is 39.9 Å². The van der Waals surface area contributed by atoms with Crippen LogP contribution < -0.4 is 5.32 Å². The molecular weight excluding hydrogens is 256 g/mol. The number of esters is 1. The summed E-state index contributed by atoms with van der Waals surface area (Å²) < 4.78 is 10.6. The van der Waals surface area contributed by atoms with E-state index in [-0.39, 0.29) is 5.97 Å². The average Bonchev–Trinajstić information content (AvgIpc) is 2.46. The second kappa shape index (κ2) is 8.60. The van der Waals surface area contributed by atoms with Gasteiger partial charge in [0.25, 0.3) is 0 Å². The number of piperidine rings is 1. The number of rotatable bonds is 8. The number of likely N-dealkylation sites (tertiary alicyclic amines) is 1. The van der Waals surface area contributed by atoms with Gasteiger partial charge in [0.15, 0.2) is 0 Å². The fourth-order valence-electron chi connectivity index (χ4n) is 2.74. The second-order valence-corrected chi connectivity index (χ2v) is 5.68. The maximum Gasteiger partial charge on any atom is 0.327 e. The summed E-state index contributed by atoms with van der Waals surface area (Å²) in [6.45, 7) is 10.3. The molecule has 1 N–H and O–H groups in total. The van der Waals surface area contributed by atoms with Crippen molar-refractivity contribution in [3.63, 3.8) is 0 Å². The molecule has 1 unspecified atom stereocenters. The molecule has 1 saturated heterocycles. The van der Waals surface area contributed by atoms with Gasteiger partial charge in [-0.2, -0.15) is 0 Å². The Morgan fingerprint density at radius 2 is 2.00 bits per heavy atom. The highest BCUT2D eigenvalue weighted by Gasteiger charge is 2.36. The molecule has 5 nitrogen and oxygen atoms in total. The van der Waals surface area contributed by atoms with E-state index in [1.54, 1.807) is 0 Å². The van der Waals surface area contributed by atoms with Crippen LogP contribution >= 0.6 is 0 Å². The largest absolute Gasteiger partial charge is 0.468 e. The van der Waals surface area contributed by atoms with Gasteiger partial charge in [-0.25, -0.2) is 0 Å². The van der Waals surface area contributed by atoms with Crippen LogP contribution in [0.2, 0.25) is 0 Å². The number of hydrogen-bond acceptors (Lipinski definition) is 5. The van der Waals surface area contributed by atoms with Gasteiger partial charge < -0.3 is 19.7 Å². The molecule has 0 aromatic heterocycles. The van der Waals surface area contributed by atoms with Gasteiger partial charge >= 0.3 is 5.97 Å². The van der Waals surface area contributed by atoms with Gasteiger partial charge in [0, 0.05) is 26.2 Å². The summed E-state index contributed by atoms with van der Waals surface area (Å²) in [5.41, 5.74) is -0.622. The summed E-state index contributed by atoms with van der Waals surface area (Å²) in [6.07, 6.45) is 3.46. The van der Waals surface area contributed by atoms with Gasteiger partial charge in [0.2, 0.25) is 0 Å². The Morgan fingerprint density at radius 1 is 1.35 bits per heavy atom. The third-order valence-electron chi connectivity index (χ3n) is 3.88. The van der Waals surface area contributed by atoms with Crippen molar-refractivity contribution in [1.29, 1.82) is 0 Å². The number of carbonyl (C=O) groups excluding carboxylic acids is 1. The Hall–Kier alpha value is -0.650. The zero-order valence-electron chi connectivity index (χ0n) is 13.4. The summed E-state index contributed by atoms with van der Waals surface area (Å²) in [5, 5.41) is 3.33. The highest BCUT2D eigenvalue weighted by atomic mass is 16.5. The lowest BCUT2D eigenvalue weighted by Gasteiger charge is -2.38. The van der Waals surface area contributed by atoms with Crippen molar-refractivity contribution < 1.29 is 14.3 Å². The van der Waals surface area contributed by atoms with E-state index in [0.717, 1.165) is 45.5 Å². The first kappa shape index (κ1) is 17.4. The molecule has 1 aliphatic rings. The summed E-state index contributed by atoms with van der Waals surface area (Å²) >= 11 is 0. The van der Waals surface area contributed by atoms with Crippen LogP contribution in [0.3, 0.4) is 0 Å². The molecule has 1 fully saturated rings. The summed E-state index contributed by atoms with van der Waals surface area (Å²) in [7, 11) is 1.45. The van der Waals surface area contributed by atoms with Crippen LogP contribution in [0.1, 0.15) is 40.0 Å². The fraction of sp³-hybridized carbons (Fsp3) is 0.933. The molecule has 0 saturated carbocycles. The van der Waals surface area contributed by atoms with Crippen LogP contribution in [0, 0.1) is 0 Å². The van der Waals surface area contributed by atoms with Gasteiger partial charge in [-0.05, 0) is 39.7 Å². The predicted molar refractivity (Wildman–Crippen MR) is 79.8 cm³/mol. The number of ether oxygens (including phenoxy) is 2. The van der Waals surface area contributed by atoms with Crippen LogP contribution in [0.4, 0.5) is 0 Å². The van der Waals surface area contributed by atoms with Crippen LogP contribution in [-0.4, -0.2) is 62.4 Å². The number of methoxy groups -OCH3 is 1. The van der Waals surface area contributed by atoms with E-state index in [1.165, 1.54) is 7.11 Å². The molecule has 1 rings (SSSR count). The van der Waals surface area contributed by atoms with Crippen molar-refractivity contribution >= 4 is 5.97 Å². The number of carbonyl (C=O) groups is 1. The molecule has 5 heteroatoms. The normalized spacial score (nSPS) is 20.6.